The predicted molar refractivity (Wildman–Crippen MR) is 72.6 cm³/mol. The Balaban J connectivity index is 2.63. The maximum Gasteiger partial charge on any atom is 0.165 e. The van der Waals surface area contributed by atoms with Crippen molar-refractivity contribution in [3.8, 4) is 5.75 Å². The van der Waals surface area contributed by atoms with Gasteiger partial charge in [-0.2, -0.15) is 0 Å². The summed E-state index contributed by atoms with van der Waals surface area (Å²) in [7, 11) is 0. The minimum absolute atomic E-state index is 0.275. The SMILES string of the molecule is CCCCCOc1ccc(/C(N)=C/S)cc1F. The van der Waals surface area contributed by atoms with E-state index < -0.39 is 5.82 Å². The van der Waals surface area contributed by atoms with Crippen molar-refractivity contribution in [1.82, 2.24) is 0 Å². The third-order valence-electron chi connectivity index (χ3n) is 2.41. The van der Waals surface area contributed by atoms with Gasteiger partial charge in [0.1, 0.15) is 0 Å². The number of halogens is 1. The van der Waals surface area contributed by atoms with Gasteiger partial charge in [-0.3, -0.25) is 0 Å². The second-order valence-corrected chi connectivity index (χ2v) is 4.04. The highest BCUT2D eigenvalue weighted by atomic mass is 32.1. The first-order valence-electron chi connectivity index (χ1n) is 5.71. The summed E-state index contributed by atoms with van der Waals surface area (Å²) >= 11 is 3.93. The minimum Gasteiger partial charge on any atom is -0.491 e. The first kappa shape index (κ1) is 13.9. The summed E-state index contributed by atoms with van der Waals surface area (Å²) in [6, 6.07) is 4.68. The second kappa shape index (κ2) is 7.22. The lowest BCUT2D eigenvalue weighted by Gasteiger charge is -2.08. The molecule has 0 heterocycles. The van der Waals surface area contributed by atoms with Crippen LogP contribution in [0, 0.1) is 5.82 Å². The van der Waals surface area contributed by atoms with E-state index in [1.165, 1.54) is 11.5 Å². The van der Waals surface area contributed by atoms with E-state index in [0.717, 1.165) is 19.3 Å². The van der Waals surface area contributed by atoms with Crippen LogP contribution in [0.15, 0.2) is 23.6 Å². The number of ether oxygens (including phenoxy) is 1. The van der Waals surface area contributed by atoms with Crippen molar-refractivity contribution in [2.45, 2.75) is 26.2 Å². The van der Waals surface area contributed by atoms with Gasteiger partial charge in [-0.05, 0) is 30.0 Å². The van der Waals surface area contributed by atoms with Crippen LogP contribution >= 0.6 is 12.6 Å². The van der Waals surface area contributed by atoms with Crippen molar-refractivity contribution in [2.75, 3.05) is 6.61 Å². The van der Waals surface area contributed by atoms with E-state index in [4.69, 9.17) is 10.5 Å². The Morgan fingerprint density at radius 2 is 2.24 bits per heavy atom. The summed E-state index contributed by atoms with van der Waals surface area (Å²) in [5, 5.41) is 1.44. The topological polar surface area (TPSA) is 35.2 Å². The number of thiol groups is 1. The van der Waals surface area contributed by atoms with Crippen LogP contribution in [0.1, 0.15) is 31.7 Å². The van der Waals surface area contributed by atoms with Crippen molar-refractivity contribution in [2.24, 2.45) is 5.73 Å². The maximum atomic E-state index is 13.6. The van der Waals surface area contributed by atoms with Crippen LogP contribution in [0.3, 0.4) is 0 Å². The Morgan fingerprint density at radius 3 is 2.82 bits per heavy atom. The second-order valence-electron chi connectivity index (χ2n) is 3.79. The van der Waals surface area contributed by atoms with Gasteiger partial charge in [-0.15, -0.1) is 12.6 Å². The molecule has 17 heavy (non-hydrogen) atoms. The lowest BCUT2D eigenvalue weighted by Crippen LogP contribution is -2.01. The first-order chi connectivity index (χ1) is 8.19. The molecule has 0 aliphatic heterocycles. The number of benzene rings is 1. The van der Waals surface area contributed by atoms with Gasteiger partial charge in [0.25, 0.3) is 0 Å². The molecule has 2 N–H and O–H groups in total. The fourth-order valence-electron chi connectivity index (χ4n) is 1.41. The van der Waals surface area contributed by atoms with E-state index in [1.54, 1.807) is 12.1 Å². The Labute approximate surface area is 107 Å². The molecule has 1 aromatic carbocycles. The predicted octanol–water partition coefficient (Wildman–Crippen LogP) is 3.58. The highest BCUT2D eigenvalue weighted by molar-refractivity contribution is 7.83. The quantitative estimate of drug-likeness (QED) is 0.602. The Kier molecular flexibility index (Phi) is 5.91. The highest BCUT2D eigenvalue weighted by Gasteiger charge is 2.05. The summed E-state index contributed by atoms with van der Waals surface area (Å²) in [4.78, 5) is 0. The standard InChI is InChI=1S/C13H18FNOS/c1-2-3-4-7-16-13-6-5-10(8-11(13)14)12(15)9-17/h5-6,8-9,17H,2-4,7,15H2,1H3/b12-9-. The van der Waals surface area contributed by atoms with Crippen molar-refractivity contribution < 1.29 is 9.13 Å². The Bertz CT molecular complexity index is 393. The van der Waals surface area contributed by atoms with Gasteiger partial charge in [0, 0.05) is 11.3 Å². The third kappa shape index (κ3) is 4.30. The molecule has 0 fully saturated rings. The van der Waals surface area contributed by atoms with Crippen molar-refractivity contribution >= 4 is 18.3 Å². The van der Waals surface area contributed by atoms with E-state index in [2.05, 4.69) is 19.6 Å². The van der Waals surface area contributed by atoms with Crippen molar-refractivity contribution in [3.63, 3.8) is 0 Å². The van der Waals surface area contributed by atoms with Crippen LogP contribution in [0.5, 0.6) is 5.75 Å². The van der Waals surface area contributed by atoms with E-state index >= 15 is 0 Å². The first-order valence-corrected chi connectivity index (χ1v) is 6.23. The average Bonchev–Trinajstić information content (AvgIpc) is 2.35. The summed E-state index contributed by atoms with van der Waals surface area (Å²) in [5.41, 5.74) is 6.67. The molecule has 2 nitrogen and oxygen atoms in total. The fraction of sp³-hybridized carbons (Fsp3) is 0.385. The molecule has 94 valence electrons. The van der Waals surface area contributed by atoms with Crippen molar-refractivity contribution in [3.05, 3.63) is 35.0 Å². The molecular formula is C13H18FNOS. The van der Waals surface area contributed by atoms with Gasteiger partial charge in [0.2, 0.25) is 0 Å². The molecule has 0 unspecified atom stereocenters. The fourth-order valence-corrected chi connectivity index (χ4v) is 1.56. The zero-order chi connectivity index (χ0) is 12.7. The van der Waals surface area contributed by atoms with Crippen LogP contribution in [0.2, 0.25) is 0 Å². The largest absolute Gasteiger partial charge is 0.491 e. The lowest BCUT2D eigenvalue weighted by atomic mass is 10.1. The van der Waals surface area contributed by atoms with Crippen molar-refractivity contribution in [1.29, 1.82) is 0 Å². The summed E-state index contributed by atoms with van der Waals surface area (Å²) in [6.45, 7) is 2.66. The number of rotatable bonds is 6. The minimum atomic E-state index is -0.392. The smallest absolute Gasteiger partial charge is 0.165 e. The molecule has 0 spiro atoms. The lowest BCUT2D eigenvalue weighted by molar-refractivity contribution is 0.291. The molecule has 0 saturated heterocycles. The number of hydrogen-bond donors (Lipinski definition) is 2. The van der Waals surface area contributed by atoms with Gasteiger partial charge in [-0.25, -0.2) is 4.39 Å². The highest BCUT2D eigenvalue weighted by Crippen LogP contribution is 2.21. The van der Waals surface area contributed by atoms with Crippen LogP contribution in [0.25, 0.3) is 5.70 Å². The zero-order valence-corrected chi connectivity index (χ0v) is 10.8. The monoisotopic (exact) mass is 255 g/mol. The van der Waals surface area contributed by atoms with Gasteiger partial charge in [-0.1, -0.05) is 19.8 Å². The molecule has 0 amide bonds. The Morgan fingerprint density at radius 1 is 1.47 bits per heavy atom. The van der Waals surface area contributed by atoms with Crippen LogP contribution < -0.4 is 10.5 Å². The molecule has 1 aromatic rings. The van der Waals surface area contributed by atoms with Crippen LogP contribution in [0.4, 0.5) is 4.39 Å². The van der Waals surface area contributed by atoms with E-state index in [1.807, 2.05) is 0 Å². The summed E-state index contributed by atoms with van der Waals surface area (Å²) in [5.74, 6) is -0.117. The van der Waals surface area contributed by atoms with Crippen LogP contribution in [-0.2, 0) is 0 Å². The molecule has 0 aliphatic carbocycles. The molecular weight excluding hydrogens is 237 g/mol. The summed E-state index contributed by atoms with van der Waals surface area (Å²) < 4.78 is 19.0. The zero-order valence-electron chi connectivity index (χ0n) is 9.95. The number of unbranched alkanes of at least 4 members (excludes halogenated alkanes) is 2. The number of hydrogen-bond acceptors (Lipinski definition) is 3. The van der Waals surface area contributed by atoms with Crippen LogP contribution in [-0.4, -0.2) is 6.61 Å². The molecule has 0 aromatic heterocycles. The molecule has 0 bridgehead atoms. The van der Waals surface area contributed by atoms with E-state index in [9.17, 15) is 4.39 Å². The van der Waals surface area contributed by atoms with E-state index in [0.29, 0.717) is 17.9 Å². The van der Waals surface area contributed by atoms with Gasteiger partial charge in [0.05, 0.1) is 6.61 Å². The normalized spacial score (nSPS) is 11.6. The number of nitrogens with two attached hydrogens (primary N) is 1. The molecule has 0 aliphatic rings. The molecule has 1 rings (SSSR count). The van der Waals surface area contributed by atoms with E-state index in [-0.39, 0.29) is 5.75 Å². The van der Waals surface area contributed by atoms with Gasteiger partial charge >= 0.3 is 0 Å². The maximum absolute atomic E-state index is 13.6. The molecule has 0 saturated carbocycles. The summed E-state index contributed by atoms with van der Waals surface area (Å²) in [6.07, 6.45) is 3.15. The van der Waals surface area contributed by atoms with Gasteiger partial charge in [0.15, 0.2) is 11.6 Å². The van der Waals surface area contributed by atoms with Gasteiger partial charge < -0.3 is 10.5 Å². The Hall–Kier alpha value is -1.16. The third-order valence-corrected chi connectivity index (χ3v) is 2.69. The molecule has 0 radical (unpaired) electrons. The molecule has 0 atom stereocenters. The average molecular weight is 255 g/mol. The molecule has 4 heteroatoms.